The van der Waals surface area contributed by atoms with E-state index in [-0.39, 0.29) is 12.4 Å². The van der Waals surface area contributed by atoms with Gasteiger partial charge < -0.3 is 10.9 Å². The van der Waals surface area contributed by atoms with Crippen LogP contribution < -0.4 is 20.5 Å². The summed E-state index contributed by atoms with van der Waals surface area (Å²) in [5.74, 6) is 0. The summed E-state index contributed by atoms with van der Waals surface area (Å²) in [6.45, 7) is 0. The van der Waals surface area contributed by atoms with Crippen LogP contribution >= 0.6 is 12.4 Å². The lowest BCUT2D eigenvalue weighted by Crippen LogP contribution is -2.42. The van der Waals surface area contributed by atoms with Crippen molar-refractivity contribution in [3.05, 3.63) is 60.7 Å². The van der Waals surface area contributed by atoms with Crippen LogP contribution in [0.1, 0.15) is 0 Å². The molecule has 0 saturated carbocycles. The molecule has 6 nitrogen and oxygen atoms in total. The lowest BCUT2D eigenvalue weighted by Gasteiger charge is -2.11. The van der Waals surface area contributed by atoms with Gasteiger partial charge in [-0.2, -0.15) is 8.42 Å². The molecule has 0 bridgehead atoms. The maximum absolute atomic E-state index is 11.6. The predicted molar refractivity (Wildman–Crippen MR) is 82.6 cm³/mol. The molecular formula is C12H15ClN4O2S. The van der Waals surface area contributed by atoms with E-state index in [9.17, 15) is 8.42 Å². The zero-order valence-electron chi connectivity index (χ0n) is 10.4. The Kier molecular flexibility index (Phi) is 6.26. The highest BCUT2D eigenvalue weighted by Gasteiger charge is 2.07. The smallest absolute Gasteiger partial charge is 0.307 e. The van der Waals surface area contributed by atoms with Gasteiger partial charge in [-0.3, -0.25) is 0 Å². The topological polar surface area (TPSA) is 82.3 Å². The van der Waals surface area contributed by atoms with E-state index in [0.717, 1.165) is 0 Å². The third-order valence-corrected chi connectivity index (χ3v) is 2.95. The summed E-state index contributed by atoms with van der Waals surface area (Å²) in [5.41, 5.74) is 6.45. The summed E-state index contributed by atoms with van der Waals surface area (Å²) < 4.78 is 23.3. The highest BCUT2D eigenvalue weighted by Crippen LogP contribution is 2.04. The van der Waals surface area contributed by atoms with Crippen LogP contribution in [0.3, 0.4) is 0 Å². The molecule has 0 aliphatic heterocycles. The summed E-state index contributed by atoms with van der Waals surface area (Å²) in [6, 6.07) is 17.8. The summed E-state index contributed by atoms with van der Waals surface area (Å²) in [4.78, 5) is 4.39. The van der Waals surface area contributed by atoms with Crippen molar-refractivity contribution in [3.8, 4) is 0 Å². The number of halogens is 1. The first-order chi connectivity index (χ1) is 9.16. The number of para-hydroxylation sites is 2. The minimum Gasteiger partial charge on any atom is -0.307 e. The molecule has 0 unspecified atom stereocenters. The van der Waals surface area contributed by atoms with E-state index in [0.29, 0.717) is 11.4 Å². The molecule has 0 amide bonds. The lowest BCUT2D eigenvalue weighted by atomic mass is 10.3. The second kappa shape index (κ2) is 7.71. The average Bonchev–Trinajstić information content (AvgIpc) is 2.46. The Bertz CT molecular complexity index is 558. The minimum absolute atomic E-state index is 0. The predicted octanol–water partition coefficient (Wildman–Crippen LogP) is 1.89. The van der Waals surface area contributed by atoms with Crippen LogP contribution in [0, 0.1) is 0 Å². The standard InChI is InChI=1S/C12H14N4O2S.ClH/c17-19(18,15-13-11-7-3-1-4-8-11)16-14-12-9-5-2-6-10-12;/h1-10,13-16H;1H. The molecule has 8 heteroatoms. The highest BCUT2D eigenvalue weighted by atomic mass is 35.5. The van der Waals surface area contributed by atoms with E-state index in [4.69, 9.17) is 0 Å². The van der Waals surface area contributed by atoms with E-state index in [2.05, 4.69) is 20.5 Å². The lowest BCUT2D eigenvalue weighted by molar-refractivity contribution is 0.579. The molecule has 2 aromatic carbocycles. The maximum atomic E-state index is 11.6. The van der Waals surface area contributed by atoms with Crippen LogP contribution in [0.15, 0.2) is 60.7 Å². The summed E-state index contributed by atoms with van der Waals surface area (Å²) in [7, 11) is -3.70. The quantitative estimate of drug-likeness (QED) is 0.614. The fourth-order valence-corrected chi connectivity index (χ4v) is 1.88. The largest absolute Gasteiger partial charge is 0.310 e. The third-order valence-electron chi connectivity index (χ3n) is 2.21. The van der Waals surface area contributed by atoms with Crippen molar-refractivity contribution >= 4 is 34.0 Å². The molecule has 0 radical (unpaired) electrons. The van der Waals surface area contributed by atoms with E-state index in [1.165, 1.54) is 0 Å². The molecule has 2 aromatic rings. The molecule has 0 saturated heterocycles. The van der Waals surface area contributed by atoms with E-state index >= 15 is 0 Å². The van der Waals surface area contributed by atoms with Gasteiger partial charge >= 0.3 is 10.2 Å². The van der Waals surface area contributed by atoms with Crippen molar-refractivity contribution in [2.75, 3.05) is 10.9 Å². The van der Waals surface area contributed by atoms with Crippen LogP contribution in [0.2, 0.25) is 0 Å². The molecule has 4 N–H and O–H groups in total. The average molecular weight is 315 g/mol. The van der Waals surface area contributed by atoms with Crippen molar-refractivity contribution in [2.24, 2.45) is 0 Å². The van der Waals surface area contributed by atoms with Crippen LogP contribution in [-0.4, -0.2) is 8.42 Å². The number of hydrogen-bond acceptors (Lipinski definition) is 4. The number of hydrogen-bond donors (Lipinski definition) is 4. The Balaban J connectivity index is 0.00000200. The van der Waals surface area contributed by atoms with Gasteiger partial charge in [0.2, 0.25) is 0 Å². The number of nitrogens with one attached hydrogen (secondary N) is 4. The van der Waals surface area contributed by atoms with Gasteiger partial charge in [0.15, 0.2) is 0 Å². The fraction of sp³-hybridized carbons (Fsp3) is 0. The van der Waals surface area contributed by atoms with Gasteiger partial charge in [0, 0.05) is 11.4 Å². The second-order valence-corrected chi connectivity index (χ2v) is 5.10. The molecule has 0 atom stereocenters. The summed E-state index contributed by atoms with van der Waals surface area (Å²) in [5, 5.41) is 0. The first-order valence-corrected chi connectivity index (χ1v) is 7.05. The van der Waals surface area contributed by atoms with E-state index in [1.807, 2.05) is 12.1 Å². The monoisotopic (exact) mass is 314 g/mol. The van der Waals surface area contributed by atoms with Crippen LogP contribution in [-0.2, 0) is 10.2 Å². The van der Waals surface area contributed by atoms with Gasteiger partial charge in [-0.15, -0.1) is 22.1 Å². The van der Waals surface area contributed by atoms with Gasteiger partial charge in [-0.05, 0) is 24.3 Å². The second-order valence-electron chi connectivity index (χ2n) is 3.69. The number of hydrazine groups is 2. The van der Waals surface area contributed by atoms with Gasteiger partial charge in [-0.25, -0.2) is 0 Å². The number of rotatable bonds is 6. The third kappa shape index (κ3) is 5.45. The summed E-state index contributed by atoms with van der Waals surface area (Å²) >= 11 is 0. The van der Waals surface area contributed by atoms with Crippen molar-refractivity contribution in [3.63, 3.8) is 0 Å². The molecule has 108 valence electrons. The Hall–Kier alpha value is -1.80. The minimum atomic E-state index is -3.70. The molecule has 0 spiro atoms. The maximum Gasteiger partial charge on any atom is 0.310 e. The molecule has 0 aliphatic carbocycles. The first-order valence-electron chi connectivity index (χ1n) is 5.56. The SMILES string of the molecule is Cl.O=S(=O)(NNc1ccccc1)NNc1ccccc1. The van der Waals surface area contributed by atoms with Gasteiger partial charge in [0.1, 0.15) is 0 Å². The van der Waals surface area contributed by atoms with E-state index in [1.54, 1.807) is 48.5 Å². The zero-order chi connectivity index (χ0) is 13.6. The Morgan fingerprint density at radius 1 is 0.650 bits per heavy atom. The number of benzene rings is 2. The molecule has 0 heterocycles. The molecule has 0 fully saturated rings. The Morgan fingerprint density at radius 3 is 1.35 bits per heavy atom. The number of anilines is 2. The van der Waals surface area contributed by atoms with E-state index < -0.39 is 10.2 Å². The van der Waals surface area contributed by atoms with Crippen LogP contribution in [0.5, 0.6) is 0 Å². The van der Waals surface area contributed by atoms with Crippen molar-refractivity contribution < 1.29 is 8.42 Å². The van der Waals surface area contributed by atoms with Crippen molar-refractivity contribution in [1.29, 1.82) is 0 Å². The zero-order valence-corrected chi connectivity index (χ0v) is 12.0. The normalized spacial score (nSPS) is 10.4. The Labute approximate surface area is 124 Å². The van der Waals surface area contributed by atoms with Crippen molar-refractivity contribution in [2.45, 2.75) is 0 Å². The molecule has 0 aliphatic rings. The van der Waals surface area contributed by atoms with Crippen molar-refractivity contribution in [1.82, 2.24) is 9.66 Å². The molecular weight excluding hydrogens is 300 g/mol. The van der Waals surface area contributed by atoms with Crippen LogP contribution in [0.4, 0.5) is 11.4 Å². The summed E-state index contributed by atoms with van der Waals surface area (Å²) in [6.07, 6.45) is 0. The van der Waals surface area contributed by atoms with Gasteiger partial charge in [0.05, 0.1) is 0 Å². The molecule has 0 aromatic heterocycles. The molecule has 20 heavy (non-hydrogen) atoms. The van der Waals surface area contributed by atoms with Gasteiger partial charge in [0.25, 0.3) is 0 Å². The highest BCUT2D eigenvalue weighted by molar-refractivity contribution is 7.87. The Morgan fingerprint density at radius 2 is 1.00 bits per heavy atom. The molecule has 2 rings (SSSR count). The first kappa shape index (κ1) is 16.3. The van der Waals surface area contributed by atoms with Gasteiger partial charge in [-0.1, -0.05) is 36.4 Å². The fourth-order valence-electron chi connectivity index (χ4n) is 1.32. The van der Waals surface area contributed by atoms with Crippen LogP contribution in [0.25, 0.3) is 0 Å².